The number of hydrogen-bond donors (Lipinski definition) is 1. The largest absolute Gasteiger partial charge is 0.489 e. The molecule has 3 rings (SSSR count). The maximum absolute atomic E-state index is 5.81. The van der Waals surface area contributed by atoms with Crippen molar-refractivity contribution in [2.45, 2.75) is 13.5 Å². The Kier molecular flexibility index (Phi) is 4.43. The first-order valence-electron chi connectivity index (χ1n) is 7.37. The van der Waals surface area contributed by atoms with Crippen molar-refractivity contribution in [2.75, 3.05) is 5.73 Å². The minimum Gasteiger partial charge on any atom is -0.489 e. The summed E-state index contributed by atoms with van der Waals surface area (Å²) in [6, 6.07) is 19.2. The highest BCUT2D eigenvalue weighted by Crippen LogP contribution is 2.26. The molecule has 0 aliphatic heterocycles. The molecule has 1 aromatic heterocycles. The van der Waals surface area contributed by atoms with E-state index in [1.807, 2.05) is 24.3 Å². The van der Waals surface area contributed by atoms with E-state index >= 15 is 0 Å². The smallest absolute Gasteiger partial charge is 0.242 e. The molecule has 0 radical (unpaired) electrons. The average Bonchev–Trinajstić information content (AvgIpc) is 2.58. The Balaban J connectivity index is 1.61. The first-order chi connectivity index (χ1) is 11.2. The highest BCUT2D eigenvalue weighted by Gasteiger charge is 2.03. The molecule has 3 aromatic rings. The van der Waals surface area contributed by atoms with Crippen molar-refractivity contribution in [1.29, 1.82) is 0 Å². The molecule has 0 atom stereocenters. The molecule has 0 amide bonds. The molecule has 4 heteroatoms. The minimum atomic E-state index is 0.404. The van der Waals surface area contributed by atoms with Crippen molar-refractivity contribution >= 4 is 5.69 Å². The van der Waals surface area contributed by atoms with Crippen LogP contribution in [-0.4, -0.2) is 4.98 Å². The summed E-state index contributed by atoms with van der Waals surface area (Å²) in [5, 5.41) is 0. The van der Waals surface area contributed by atoms with E-state index in [0.29, 0.717) is 23.9 Å². The second-order valence-corrected chi connectivity index (χ2v) is 5.25. The fraction of sp³-hybridized carbons (Fsp3) is 0.105. The highest BCUT2D eigenvalue weighted by molar-refractivity contribution is 5.49. The van der Waals surface area contributed by atoms with E-state index in [0.717, 1.165) is 11.3 Å². The number of nitrogens with zero attached hydrogens (tertiary/aromatic N) is 1. The van der Waals surface area contributed by atoms with E-state index in [1.165, 1.54) is 5.56 Å². The standard InChI is InChI=1S/C19H18N2O2/c1-14-4-6-15(7-5-14)13-22-16-8-10-17(11-9-16)23-19-18(20)3-2-12-21-19/h2-12H,13,20H2,1H3. The molecule has 0 aliphatic rings. The summed E-state index contributed by atoms with van der Waals surface area (Å²) < 4.78 is 11.4. The van der Waals surface area contributed by atoms with E-state index in [2.05, 4.69) is 36.2 Å². The van der Waals surface area contributed by atoms with Crippen molar-refractivity contribution in [3.8, 4) is 17.4 Å². The molecule has 4 nitrogen and oxygen atoms in total. The first kappa shape index (κ1) is 14.9. The quantitative estimate of drug-likeness (QED) is 0.761. The van der Waals surface area contributed by atoms with E-state index in [1.54, 1.807) is 18.3 Å². The maximum Gasteiger partial charge on any atom is 0.242 e. The zero-order valence-electron chi connectivity index (χ0n) is 12.9. The third kappa shape index (κ3) is 4.01. The van der Waals surface area contributed by atoms with Crippen LogP contribution in [0.1, 0.15) is 11.1 Å². The number of nitrogen functional groups attached to an aromatic ring is 1. The van der Waals surface area contributed by atoms with Crippen LogP contribution in [0.25, 0.3) is 0 Å². The zero-order chi connectivity index (χ0) is 16.1. The lowest BCUT2D eigenvalue weighted by molar-refractivity contribution is 0.305. The minimum absolute atomic E-state index is 0.404. The fourth-order valence-electron chi connectivity index (χ4n) is 2.06. The molecule has 0 fully saturated rings. The molecule has 0 spiro atoms. The third-order valence-electron chi connectivity index (χ3n) is 3.36. The fourth-order valence-corrected chi connectivity index (χ4v) is 2.06. The maximum atomic E-state index is 5.81. The van der Waals surface area contributed by atoms with E-state index < -0.39 is 0 Å². The van der Waals surface area contributed by atoms with Crippen LogP contribution < -0.4 is 15.2 Å². The monoisotopic (exact) mass is 306 g/mol. The Hall–Kier alpha value is -3.01. The van der Waals surface area contributed by atoms with E-state index in [4.69, 9.17) is 15.2 Å². The van der Waals surface area contributed by atoms with Crippen molar-refractivity contribution in [3.63, 3.8) is 0 Å². The second kappa shape index (κ2) is 6.83. The second-order valence-electron chi connectivity index (χ2n) is 5.25. The van der Waals surface area contributed by atoms with E-state index in [-0.39, 0.29) is 0 Å². The van der Waals surface area contributed by atoms with Crippen LogP contribution in [0.4, 0.5) is 5.69 Å². The van der Waals surface area contributed by atoms with Gasteiger partial charge in [-0.3, -0.25) is 0 Å². The molecule has 0 unspecified atom stereocenters. The Morgan fingerprint density at radius 2 is 1.61 bits per heavy atom. The van der Waals surface area contributed by atoms with Gasteiger partial charge in [0.1, 0.15) is 18.1 Å². The molecule has 0 saturated carbocycles. The van der Waals surface area contributed by atoms with Crippen LogP contribution in [0.5, 0.6) is 17.4 Å². The van der Waals surface area contributed by atoms with Crippen LogP contribution in [0.15, 0.2) is 66.9 Å². The van der Waals surface area contributed by atoms with Crippen LogP contribution in [-0.2, 0) is 6.61 Å². The summed E-state index contributed by atoms with van der Waals surface area (Å²) in [5.74, 6) is 1.85. The van der Waals surface area contributed by atoms with Crippen molar-refractivity contribution in [3.05, 3.63) is 78.0 Å². The molecule has 23 heavy (non-hydrogen) atoms. The summed E-state index contributed by atoms with van der Waals surface area (Å²) in [4.78, 5) is 4.10. The van der Waals surface area contributed by atoms with Gasteiger partial charge in [0, 0.05) is 6.20 Å². The van der Waals surface area contributed by atoms with Gasteiger partial charge in [0.2, 0.25) is 5.88 Å². The summed E-state index contributed by atoms with van der Waals surface area (Å²) in [6.45, 7) is 2.60. The number of anilines is 1. The van der Waals surface area contributed by atoms with Gasteiger partial charge in [0.15, 0.2) is 0 Å². The van der Waals surface area contributed by atoms with E-state index in [9.17, 15) is 0 Å². The summed E-state index contributed by atoms with van der Waals surface area (Å²) in [5.41, 5.74) is 8.69. The summed E-state index contributed by atoms with van der Waals surface area (Å²) >= 11 is 0. The molecule has 0 aliphatic carbocycles. The molecular weight excluding hydrogens is 288 g/mol. The van der Waals surface area contributed by atoms with Crippen molar-refractivity contribution in [2.24, 2.45) is 0 Å². The molecule has 0 bridgehead atoms. The number of pyridine rings is 1. The highest BCUT2D eigenvalue weighted by atomic mass is 16.5. The van der Waals surface area contributed by atoms with Gasteiger partial charge in [0.05, 0.1) is 5.69 Å². The number of hydrogen-bond acceptors (Lipinski definition) is 4. The summed E-state index contributed by atoms with van der Waals surface area (Å²) in [6.07, 6.45) is 1.64. The normalized spacial score (nSPS) is 10.3. The van der Waals surface area contributed by atoms with Gasteiger partial charge in [-0.05, 0) is 48.9 Å². The van der Waals surface area contributed by atoms with Gasteiger partial charge in [0.25, 0.3) is 0 Å². The number of ether oxygens (including phenoxy) is 2. The predicted octanol–water partition coefficient (Wildman–Crippen LogP) is 4.34. The van der Waals surface area contributed by atoms with Crippen LogP contribution in [0.3, 0.4) is 0 Å². The molecule has 0 saturated heterocycles. The average molecular weight is 306 g/mol. The number of benzene rings is 2. The Morgan fingerprint density at radius 3 is 2.30 bits per heavy atom. The number of rotatable bonds is 5. The number of aryl methyl sites for hydroxylation is 1. The van der Waals surface area contributed by atoms with Gasteiger partial charge in [-0.25, -0.2) is 4.98 Å². The van der Waals surface area contributed by atoms with Crippen molar-refractivity contribution < 1.29 is 9.47 Å². The first-order valence-corrected chi connectivity index (χ1v) is 7.37. The topological polar surface area (TPSA) is 57.4 Å². The molecule has 1 heterocycles. The van der Waals surface area contributed by atoms with Gasteiger partial charge in [-0.1, -0.05) is 29.8 Å². The van der Waals surface area contributed by atoms with Crippen LogP contribution in [0.2, 0.25) is 0 Å². The van der Waals surface area contributed by atoms with Gasteiger partial charge < -0.3 is 15.2 Å². The SMILES string of the molecule is Cc1ccc(COc2ccc(Oc3ncccc3N)cc2)cc1. The Labute approximate surface area is 135 Å². The molecule has 2 aromatic carbocycles. The zero-order valence-corrected chi connectivity index (χ0v) is 12.9. The summed E-state index contributed by atoms with van der Waals surface area (Å²) in [7, 11) is 0. The number of nitrogens with two attached hydrogens (primary N) is 1. The molecular formula is C19H18N2O2. The van der Waals surface area contributed by atoms with Gasteiger partial charge >= 0.3 is 0 Å². The lowest BCUT2D eigenvalue weighted by atomic mass is 10.2. The lowest BCUT2D eigenvalue weighted by Crippen LogP contribution is -1.96. The predicted molar refractivity (Wildman–Crippen MR) is 90.7 cm³/mol. The number of aromatic nitrogens is 1. The third-order valence-corrected chi connectivity index (χ3v) is 3.36. The Morgan fingerprint density at radius 1 is 0.913 bits per heavy atom. The molecule has 116 valence electrons. The van der Waals surface area contributed by atoms with Gasteiger partial charge in [-0.15, -0.1) is 0 Å². The molecule has 2 N–H and O–H groups in total. The Bertz CT molecular complexity index is 768. The van der Waals surface area contributed by atoms with Crippen LogP contribution >= 0.6 is 0 Å². The lowest BCUT2D eigenvalue weighted by Gasteiger charge is -2.09. The van der Waals surface area contributed by atoms with Crippen molar-refractivity contribution in [1.82, 2.24) is 4.98 Å². The van der Waals surface area contributed by atoms with Gasteiger partial charge in [-0.2, -0.15) is 0 Å². The van der Waals surface area contributed by atoms with Crippen LogP contribution in [0, 0.1) is 6.92 Å².